The highest BCUT2D eigenvalue weighted by Gasteiger charge is 2.03. The van der Waals surface area contributed by atoms with Gasteiger partial charge in [0.1, 0.15) is 0 Å². The molecule has 2 aromatic rings. The number of thioether (sulfide) groups is 1. The van der Waals surface area contributed by atoms with E-state index in [9.17, 15) is 4.79 Å². The monoisotopic (exact) mass is 294 g/mol. The lowest BCUT2D eigenvalue weighted by Crippen LogP contribution is -2.04. The lowest BCUT2D eigenvalue weighted by atomic mass is 10.1. The number of fused-ring (bicyclic) bond motifs is 1. The standard InChI is InChI=1S/C15H15ClO2S/c1-2-18-15(17)7-8-19-14-6-4-11-9-13(16)5-3-12(11)10-14/h3-6,9-10H,2,7-8H2,1H3. The molecular formula is C15H15ClO2S. The molecule has 0 spiro atoms. The molecule has 0 amide bonds. The number of carbonyl (C=O) groups is 1. The van der Waals surface area contributed by atoms with Gasteiger partial charge < -0.3 is 4.74 Å². The SMILES string of the molecule is CCOC(=O)CCSc1ccc2cc(Cl)ccc2c1. The van der Waals surface area contributed by atoms with Crippen LogP contribution in [0.15, 0.2) is 41.3 Å². The summed E-state index contributed by atoms with van der Waals surface area (Å²) >= 11 is 7.61. The first-order valence-corrected chi connectivity index (χ1v) is 7.53. The molecule has 0 saturated heterocycles. The van der Waals surface area contributed by atoms with E-state index in [0.29, 0.717) is 13.0 Å². The van der Waals surface area contributed by atoms with E-state index >= 15 is 0 Å². The second kappa shape index (κ2) is 6.83. The molecule has 4 heteroatoms. The van der Waals surface area contributed by atoms with Crippen LogP contribution in [0.1, 0.15) is 13.3 Å². The first-order chi connectivity index (χ1) is 9.19. The molecule has 0 bridgehead atoms. The van der Waals surface area contributed by atoms with Gasteiger partial charge in [-0.05, 0) is 42.0 Å². The average Bonchev–Trinajstić information content (AvgIpc) is 2.39. The van der Waals surface area contributed by atoms with Crippen LogP contribution >= 0.6 is 23.4 Å². The minimum Gasteiger partial charge on any atom is -0.466 e. The molecule has 0 aliphatic heterocycles. The van der Waals surface area contributed by atoms with Crippen molar-refractivity contribution in [1.82, 2.24) is 0 Å². The van der Waals surface area contributed by atoms with Crippen LogP contribution in [-0.4, -0.2) is 18.3 Å². The minimum atomic E-state index is -0.137. The Morgan fingerprint density at radius 3 is 2.74 bits per heavy atom. The fourth-order valence-electron chi connectivity index (χ4n) is 1.77. The third-order valence-electron chi connectivity index (χ3n) is 2.65. The van der Waals surface area contributed by atoms with Gasteiger partial charge in [-0.1, -0.05) is 23.7 Å². The highest BCUT2D eigenvalue weighted by atomic mass is 35.5. The zero-order valence-corrected chi connectivity index (χ0v) is 12.3. The first-order valence-electron chi connectivity index (χ1n) is 6.17. The van der Waals surface area contributed by atoms with Crippen molar-refractivity contribution >= 4 is 40.1 Å². The van der Waals surface area contributed by atoms with Gasteiger partial charge >= 0.3 is 5.97 Å². The number of hydrogen-bond acceptors (Lipinski definition) is 3. The second-order valence-electron chi connectivity index (χ2n) is 4.06. The lowest BCUT2D eigenvalue weighted by Gasteiger charge is -2.04. The number of halogens is 1. The molecule has 0 aliphatic carbocycles. The highest BCUT2D eigenvalue weighted by molar-refractivity contribution is 7.99. The fraction of sp³-hybridized carbons (Fsp3) is 0.267. The van der Waals surface area contributed by atoms with Gasteiger partial charge in [0.25, 0.3) is 0 Å². The lowest BCUT2D eigenvalue weighted by molar-refractivity contribution is -0.142. The Kier molecular flexibility index (Phi) is 5.11. The summed E-state index contributed by atoms with van der Waals surface area (Å²) in [5.74, 6) is 0.598. The number of rotatable bonds is 5. The van der Waals surface area contributed by atoms with Gasteiger partial charge in [-0.2, -0.15) is 0 Å². The van der Waals surface area contributed by atoms with Crippen molar-refractivity contribution in [2.75, 3.05) is 12.4 Å². The molecule has 0 aliphatic rings. The summed E-state index contributed by atoms with van der Waals surface area (Å²) in [6.45, 7) is 2.26. The van der Waals surface area contributed by atoms with Crippen LogP contribution in [0.3, 0.4) is 0 Å². The quantitative estimate of drug-likeness (QED) is 0.598. The summed E-state index contributed by atoms with van der Waals surface area (Å²) in [6.07, 6.45) is 0.442. The highest BCUT2D eigenvalue weighted by Crippen LogP contribution is 2.26. The van der Waals surface area contributed by atoms with Gasteiger partial charge in [-0.3, -0.25) is 4.79 Å². The van der Waals surface area contributed by atoms with Crippen LogP contribution in [0.2, 0.25) is 5.02 Å². The predicted molar refractivity (Wildman–Crippen MR) is 80.9 cm³/mol. The van der Waals surface area contributed by atoms with E-state index in [1.54, 1.807) is 11.8 Å². The second-order valence-corrected chi connectivity index (χ2v) is 5.66. The van der Waals surface area contributed by atoms with E-state index in [4.69, 9.17) is 16.3 Å². The molecule has 100 valence electrons. The molecule has 2 rings (SSSR count). The summed E-state index contributed by atoms with van der Waals surface area (Å²) in [5, 5.41) is 3.03. The molecule has 0 heterocycles. The van der Waals surface area contributed by atoms with E-state index < -0.39 is 0 Å². The van der Waals surface area contributed by atoms with E-state index in [0.717, 1.165) is 26.4 Å². The maximum Gasteiger partial charge on any atom is 0.306 e. The van der Waals surface area contributed by atoms with Crippen molar-refractivity contribution in [3.63, 3.8) is 0 Å². The van der Waals surface area contributed by atoms with Crippen molar-refractivity contribution in [3.05, 3.63) is 41.4 Å². The largest absolute Gasteiger partial charge is 0.466 e. The molecule has 0 N–H and O–H groups in total. The summed E-state index contributed by atoms with van der Waals surface area (Å²) < 4.78 is 4.90. The van der Waals surface area contributed by atoms with Crippen molar-refractivity contribution in [2.45, 2.75) is 18.2 Å². The molecule has 0 atom stereocenters. The number of hydrogen-bond donors (Lipinski definition) is 0. The Morgan fingerprint density at radius 2 is 1.95 bits per heavy atom. The zero-order valence-electron chi connectivity index (χ0n) is 10.7. The molecule has 0 saturated carbocycles. The number of carbonyl (C=O) groups excluding carboxylic acids is 1. The molecule has 19 heavy (non-hydrogen) atoms. The maximum absolute atomic E-state index is 11.2. The van der Waals surface area contributed by atoms with Gasteiger partial charge in [0.15, 0.2) is 0 Å². The van der Waals surface area contributed by atoms with Crippen LogP contribution < -0.4 is 0 Å². The molecular weight excluding hydrogens is 280 g/mol. The third-order valence-corrected chi connectivity index (χ3v) is 3.88. The van der Waals surface area contributed by atoms with Gasteiger partial charge in [0.2, 0.25) is 0 Å². The summed E-state index contributed by atoms with van der Waals surface area (Å²) in [5.41, 5.74) is 0. The first kappa shape index (κ1) is 14.2. The van der Waals surface area contributed by atoms with Crippen LogP contribution in [0.4, 0.5) is 0 Å². The van der Waals surface area contributed by atoms with Crippen molar-refractivity contribution in [1.29, 1.82) is 0 Å². The number of esters is 1. The maximum atomic E-state index is 11.2. The van der Waals surface area contributed by atoms with Gasteiger partial charge in [0, 0.05) is 15.7 Å². The topological polar surface area (TPSA) is 26.3 Å². The van der Waals surface area contributed by atoms with Crippen LogP contribution in [0.25, 0.3) is 10.8 Å². The van der Waals surface area contributed by atoms with Gasteiger partial charge in [-0.15, -0.1) is 11.8 Å². The van der Waals surface area contributed by atoms with Crippen molar-refractivity contribution in [3.8, 4) is 0 Å². The number of benzene rings is 2. The summed E-state index contributed by atoms with van der Waals surface area (Å²) in [7, 11) is 0. The van der Waals surface area contributed by atoms with Crippen molar-refractivity contribution < 1.29 is 9.53 Å². The van der Waals surface area contributed by atoms with E-state index in [1.165, 1.54) is 0 Å². The van der Waals surface area contributed by atoms with E-state index in [1.807, 2.05) is 31.2 Å². The minimum absolute atomic E-state index is 0.137. The zero-order chi connectivity index (χ0) is 13.7. The Bertz CT molecular complexity index is 583. The Hall–Kier alpha value is -1.19. The normalized spacial score (nSPS) is 10.6. The molecule has 0 aromatic heterocycles. The van der Waals surface area contributed by atoms with Crippen LogP contribution in [0.5, 0.6) is 0 Å². The Morgan fingerprint density at radius 1 is 1.21 bits per heavy atom. The molecule has 2 aromatic carbocycles. The predicted octanol–water partition coefficient (Wildman–Crippen LogP) is 4.54. The molecule has 0 fully saturated rings. The number of ether oxygens (including phenoxy) is 1. The van der Waals surface area contributed by atoms with Gasteiger partial charge in [-0.25, -0.2) is 0 Å². The molecule has 0 radical (unpaired) electrons. The fourth-order valence-corrected chi connectivity index (χ4v) is 2.83. The third kappa shape index (κ3) is 4.15. The summed E-state index contributed by atoms with van der Waals surface area (Å²) in [4.78, 5) is 12.4. The summed E-state index contributed by atoms with van der Waals surface area (Å²) in [6, 6.07) is 12.1. The van der Waals surface area contributed by atoms with Crippen molar-refractivity contribution in [2.24, 2.45) is 0 Å². The Labute approximate surface area is 122 Å². The average molecular weight is 295 g/mol. The van der Waals surface area contributed by atoms with Crippen LogP contribution in [0, 0.1) is 0 Å². The molecule has 2 nitrogen and oxygen atoms in total. The van der Waals surface area contributed by atoms with E-state index in [-0.39, 0.29) is 5.97 Å². The van der Waals surface area contributed by atoms with E-state index in [2.05, 4.69) is 12.1 Å². The smallest absolute Gasteiger partial charge is 0.306 e. The molecule has 0 unspecified atom stereocenters. The Balaban J connectivity index is 1.98. The van der Waals surface area contributed by atoms with Crippen LogP contribution in [-0.2, 0) is 9.53 Å². The van der Waals surface area contributed by atoms with Gasteiger partial charge in [0.05, 0.1) is 13.0 Å².